The molecule has 3 aromatic carbocycles. The zero-order valence-electron chi connectivity index (χ0n) is 15.8. The van der Waals surface area contributed by atoms with Gasteiger partial charge in [0.1, 0.15) is 0 Å². The average molecular weight is 360 g/mol. The first-order valence-corrected chi connectivity index (χ1v) is 9.34. The highest BCUT2D eigenvalue weighted by molar-refractivity contribution is 5.73. The summed E-state index contributed by atoms with van der Waals surface area (Å²) in [6.07, 6.45) is 2.65. The maximum Gasteiger partial charge on any atom is 0.0994 e. The van der Waals surface area contributed by atoms with Crippen LogP contribution in [-0.2, 0) is 6.42 Å². The van der Waals surface area contributed by atoms with Crippen LogP contribution in [0.4, 0.5) is 0 Å². The van der Waals surface area contributed by atoms with Crippen molar-refractivity contribution < 1.29 is 0 Å². The van der Waals surface area contributed by atoms with Crippen molar-refractivity contribution in [2.45, 2.75) is 13.3 Å². The van der Waals surface area contributed by atoms with Gasteiger partial charge in [-0.25, -0.2) is 0 Å². The Balaban J connectivity index is 1.76. The lowest BCUT2D eigenvalue weighted by molar-refractivity contribution is 1.17. The van der Waals surface area contributed by atoms with Gasteiger partial charge in [-0.2, -0.15) is 5.26 Å². The van der Waals surface area contributed by atoms with Crippen molar-refractivity contribution in [2.75, 3.05) is 0 Å². The topological polar surface area (TPSA) is 36.7 Å². The molecule has 0 unspecified atom stereocenters. The molecule has 0 amide bonds. The van der Waals surface area contributed by atoms with Gasteiger partial charge in [0.05, 0.1) is 17.3 Å². The van der Waals surface area contributed by atoms with Crippen molar-refractivity contribution in [3.63, 3.8) is 0 Å². The average Bonchev–Trinajstić information content (AvgIpc) is 2.75. The number of hydrogen-bond donors (Lipinski definition) is 0. The first kappa shape index (κ1) is 17.7. The number of aryl methyl sites for hydroxylation is 1. The minimum Gasteiger partial charge on any atom is -0.256 e. The summed E-state index contributed by atoms with van der Waals surface area (Å²) in [5.41, 5.74) is 8.38. The first-order chi connectivity index (χ1) is 13.7. The fraction of sp³-hybridized carbons (Fsp3) is 0.0769. The Kier molecular flexibility index (Phi) is 4.99. The monoisotopic (exact) mass is 360 g/mol. The van der Waals surface area contributed by atoms with E-state index < -0.39 is 0 Å². The molecular formula is C26H20N2. The van der Waals surface area contributed by atoms with Crippen LogP contribution in [0.5, 0.6) is 0 Å². The lowest BCUT2D eigenvalue weighted by atomic mass is 9.95. The largest absolute Gasteiger partial charge is 0.256 e. The third-order valence-electron chi connectivity index (χ3n) is 4.95. The van der Waals surface area contributed by atoms with Gasteiger partial charge in [0.2, 0.25) is 0 Å². The molecule has 0 aliphatic carbocycles. The highest BCUT2D eigenvalue weighted by atomic mass is 14.7. The van der Waals surface area contributed by atoms with Gasteiger partial charge >= 0.3 is 0 Å². The molecule has 0 bridgehead atoms. The SMILES string of the molecule is Cc1cnc(-c2ccc(C#N)c(Cc3ccccc3)c2)cc1-c1ccccc1. The molecule has 0 aliphatic rings. The second kappa shape index (κ2) is 7.90. The first-order valence-electron chi connectivity index (χ1n) is 9.34. The second-order valence-electron chi connectivity index (χ2n) is 6.90. The molecule has 28 heavy (non-hydrogen) atoms. The molecule has 4 rings (SSSR count). The quantitative estimate of drug-likeness (QED) is 0.435. The zero-order valence-corrected chi connectivity index (χ0v) is 15.8. The van der Waals surface area contributed by atoms with Gasteiger partial charge in [-0.1, -0.05) is 66.7 Å². The van der Waals surface area contributed by atoms with Crippen molar-refractivity contribution >= 4 is 0 Å². The third kappa shape index (κ3) is 3.70. The zero-order chi connectivity index (χ0) is 19.3. The van der Waals surface area contributed by atoms with Gasteiger partial charge in [0.25, 0.3) is 0 Å². The summed E-state index contributed by atoms with van der Waals surface area (Å²) in [5.74, 6) is 0. The predicted octanol–water partition coefficient (Wildman–Crippen LogP) is 6.19. The van der Waals surface area contributed by atoms with E-state index in [1.807, 2.05) is 42.6 Å². The van der Waals surface area contributed by atoms with Gasteiger partial charge in [-0.3, -0.25) is 4.98 Å². The number of pyridine rings is 1. The maximum atomic E-state index is 9.52. The van der Waals surface area contributed by atoms with E-state index in [0.717, 1.165) is 28.8 Å². The Morgan fingerprint density at radius 2 is 1.54 bits per heavy atom. The Hall–Kier alpha value is -3.70. The van der Waals surface area contributed by atoms with E-state index in [1.165, 1.54) is 16.7 Å². The number of aromatic nitrogens is 1. The fourth-order valence-corrected chi connectivity index (χ4v) is 3.43. The van der Waals surface area contributed by atoms with E-state index in [4.69, 9.17) is 0 Å². The molecule has 0 atom stereocenters. The van der Waals surface area contributed by atoms with Crippen molar-refractivity contribution in [1.29, 1.82) is 5.26 Å². The van der Waals surface area contributed by atoms with Crippen molar-refractivity contribution in [3.8, 4) is 28.5 Å². The van der Waals surface area contributed by atoms with E-state index in [-0.39, 0.29) is 0 Å². The Morgan fingerprint density at radius 1 is 0.821 bits per heavy atom. The molecule has 134 valence electrons. The number of rotatable bonds is 4. The van der Waals surface area contributed by atoms with E-state index in [1.54, 1.807) is 0 Å². The summed E-state index contributed by atoms with van der Waals surface area (Å²) in [6.45, 7) is 2.08. The van der Waals surface area contributed by atoms with Gasteiger partial charge < -0.3 is 0 Å². The second-order valence-corrected chi connectivity index (χ2v) is 6.90. The van der Waals surface area contributed by atoms with Crippen LogP contribution in [0.25, 0.3) is 22.4 Å². The third-order valence-corrected chi connectivity index (χ3v) is 4.95. The van der Waals surface area contributed by atoms with Crippen LogP contribution in [0.15, 0.2) is 91.1 Å². The summed E-state index contributed by atoms with van der Waals surface area (Å²) < 4.78 is 0. The minimum atomic E-state index is 0.711. The molecule has 0 saturated heterocycles. The molecule has 0 aliphatic heterocycles. The Morgan fingerprint density at radius 3 is 2.25 bits per heavy atom. The molecule has 2 nitrogen and oxygen atoms in total. The molecule has 0 radical (unpaired) electrons. The van der Waals surface area contributed by atoms with Crippen molar-refractivity contribution in [3.05, 3.63) is 113 Å². The molecule has 1 aromatic heterocycles. The number of benzene rings is 3. The van der Waals surface area contributed by atoms with Crippen LogP contribution in [0.1, 0.15) is 22.3 Å². The summed E-state index contributed by atoms with van der Waals surface area (Å²) in [4.78, 5) is 4.66. The van der Waals surface area contributed by atoms with Gasteiger partial charge in [0.15, 0.2) is 0 Å². The molecule has 0 saturated carbocycles. The molecule has 4 aromatic rings. The summed E-state index contributed by atoms with van der Waals surface area (Å²) in [7, 11) is 0. The normalized spacial score (nSPS) is 10.4. The lowest BCUT2D eigenvalue weighted by Crippen LogP contribution is -1.95. The standard InChI is InChI=1S/C26H20N2/c1-19-18-28-26(16-25(19)21-10-6-3-7-11-21)22-12-13-23(17-27)24(15-22)14-20-8-4-2-5-9-20/h2-13,15-16,18H,14H2,1H3. The van der Waals surface area contributed by atoms with E-state index in [2.05, 4.69) is 66.5 Å². The molecular weight excluding hydrogens is 340 g/mol. The summed E-state index contributed by atoms with van der Waals surface area (Å²) in [6, 6.07) is 31.0. The van der Waals surface area contributed by atoms with Gasteiger partial charge in [-0.05, 0) is 59.4 Å². The van der Waals surface area contributed by atoms with Crippen LogP contribution in [0, 0.1) is 18.3 Å². The number of nitrogens with zero attached hydrogens (tertiary/aromatic N) is 2. The fourth-order valence-electron chi connectivity index (χ4n) is 3.43. The molecule has 1 heterocycles. The highest BCUT2D eigenvalue weighted by Gasteiger charge is 2.10. The van der Waals surface area contributed by atoms with Gasteiger partial charge in [0, 0.05) is 11.8 Å². The smallest absolute Gasteiger partial charge is 0.0994 e. The highest BCUT2D eigenvalue weighted by Crippen LogP contribution is 2.29. The van der Waals surface area contributed by atoms with E-state index in [9.17, 15) is 5.26 Å². The van der Waals surface area contributed by atoms with Crippen molar-refractivity contribution in [1.82, 2.24) is 4.98 Å². The molecule has 2 heteroatoms. The lowest BCUT2D eigenvalue weighted by Gasteiger charge is -2.11. The summed E-state index contributed by atoms with van der Waals surface area (Å²) >= 11 is 0. The van der Waals surface area contributed by atoms with Crippen LogP contribution in [-0.4, -0.2) is 4.98 Å². The Labute approximate surface area is 165 Å². The van der Waals surface area contributed by atoms with Gasteiger partial charge in [-0.15, -0.1) is 0 Å². The van der Waals surface area contributed by atoms with Crippen LogP contribution in [0.2, 0.25) is 0 Å². The predicted molar refractivity (Wildman–Crippen MR) is 114 cm³/mol. The Bertz CT molecular complexity index is 1140. The number of nitriles is 1. The van der Waals surface area contributed by atoms with Crippen LogP contribution in [0.3, 0.4) is 0 Å². The molecule has 0 spiro atoms. The maximum absolute atomic E-state index is 9.52. The van der Waals surface area contributed by atoms with Crippen LogP contribution < -0.4 is 0 Å². The summed E-state index contributed by atoms with van der Waals surface area (Å²) in [5, 5.41) is 9.52. The number of hydrogen-bond acceptors (Lipinski definition) is 2. The molecule has 0 fully saturated rings. The van der Waals surface area contributed by atoms with Crippen LogP contribution >= 0.6 is 0 Å². The van der Waals surface area contributed by atoms with E-state index in [0.29, 0.717) is 5.56 Å². The van der Waals surface area contributed by atoms with E-state index >= 15 is 0 Å². The minimum absolute atomic E-state index is 0.711. The van der Waals surface area contributed by atoms with Crippen molar-refractivity contribution in [2.24, 2.45) is 0 Å². The molecule has 0 N–H and O–H groups in total.